The highest BCUT2D eigenvalue weighted by Gasteiger charge is 2.29. The van der Waals surface area contributed by atoms with Crippen LogP contribution in [0, 0.1) is 12.8 Å². The minimum absolute atomic E-state index is 0.193. The highest BCUT2D eigenvalue weighted by molar-refractivity contribution is 7.76. The van der Waals surface area contributed by atoms with Crippen molar-refractivity contribution in [2.75, 3.05) is 0 Å². The summed E-state index contributed by atoms with van der Waals surface area (Å²) in [6.07, 6.45) is 8.86. The monoisotopic (exact) mass is 395 g/mol. The molecule has 0 aliphatic heterocycles. The van der Waals surface area contributed by atoms with E-state index in [1.807, 2.05) is 6.21 Å². The van der Waals surface area contributed by atoms with Crippen LogP contribution in [-0.4, -0.2) is 12.3 Å². The van der Waals surface area contributed by atoms with Gasteiger partial charge in [-0.05, 0) is 43.3 Å². The lowest BCUT2D eigenvalue weighted by atomic mass is 10.0. The summed E-state index contributed by atoms with van der Waals surface area (Å²) in [6, 6.07) is 30.5. The summed E-state index contributed by atoms with van der Waals surface area (Å²) in [5, 5.41) is 4.26. The average molecular weight is 395 g/mol. The summed E-state index contributed by atoms with van der Waals surface area (Å²) in [4.78, 5) is 4.93. The maximum absolute atomic E-state index is 4.93. The summed E-state index contributed by atoms with van der Waals surface area (Å²) in [6.45, 7) is 4.35. The molecule has 0 amide bonds. The van der Waals surface area contributed by atoms with E-state index < -0.39 is 7.92 Å². The number of benzene rings is 3. The summed E-state index contributed by atoms with van der Waals surface area (Å²) >= 11 is 0. The van der Waals surface area contributed by atoms with Gasteiger partial charge in [-0.1, -0.05) is 109 Å². The maximum atomic E-state index is 4.93. The Hall–Kier alpha value is -2.76. The normalized spacial score (nSPS) is 17.1. The molecule has 3 aromatic rings. The Labute approximate surface area is 175 Å². The smallest absolute Gasteiger partial charge is 0.0575 e. The Morgan fingerprint density at radius 1 is 0.862 bits per heavy atom. The van der Waals surface area contributed by atoms with Crippen molar-refractivity contribution in [2.45, 2.75) is 19.9 Å². The third-order valence-corrected chi connectivity index (χ3v) is 7.83. The fourth-order valence-corrected chi connectivity index (χ4v) is 6.43. The minimum Gasteiger partial charge on any atom is -0.289 e. The van der Waals surface area contributed by atoms with Crippen LogP contribution in [0.5, 0.6) is 0 Å². The summed E-state index contributed by atoms with van der Waals surface area (Å²) in [5.41, 5.74) is 2.43. The third-order valence-electron chi connectivity index (χ3n) is 5.23. The van der Waals surface area contributed by atoms with E-state index in [-0.39, 0.29) is 6.04 Å². The average Bonchev–Trinajstić information content (AvgIpc) is 3.23. The van der Waals surface area contributed by atoms with E-state index in [2.05, 4.69) is 117 Å². The van der Waals surface area contributed by atoms with Crippen LogP contribution in [0.3, 0.4) is 0 Å². The van der Waals surface area contributed by atoms with Crippen molar-refractivity contribution in [3.63, 3.8) is 0 Å². The van der Waals surface area contributed by atoms with Crippen molar-refractivity contribution in [1.82, 2.24) is 0 Å². The van der Waals surface area contributed by atoms with Gasteiger partial charge in [0.05, 0.1) is 6.04 Å². The zero-order chi connectivity index (χ0) is 20.1. The van der Waals surface area contributed by atoms with Gasteiger partial charge in [-0.15, -0.1) is 0 Å². The molecule has 1 aliphatic carbocycles. The van der Waals surface area contributed by atoms with Crippen molar-refractivity contribution in [2.24, 2.45) is 10.9 Å². The quantitative estimate of drug-likeness (QED) is 0.358. The molecule has 1 aliphatic rings. The van der Waals surface area contributed by atoms with Gasteiger partial charge in [0.15, 0.2) is 0 Å². The standard InChI is InChI=1S/C27H26NP/c1-21-11-9-12-23(19-21)20-28-22(2)26-17-10-18-27(26)29(24-13-5-3-6-14-24)25-15-7-4-8-16-25/h3-20,22,26H,1-2H3/t22-,26?/m1/s1. The molecular formula is C27H26NP. The number of rotatable bonds is 6. The van der Waals surface area contributed by atoms with E-state index in [4.69, 9.17) is 4.99 Å². The first-order valence-electron chi connectivity index (χ1n) is 10.1. The number of aryl methyl sites for hydroxylation is 1. The van der Waals surface area contributed by atoms with E-state index in [0.717, 1.165) is 5.56 Å². The van der Waals surface area contributed by atoms with Crippen LogP contribution in [0.1, 0.15) is 18.1 Å². The maximum Gasteiger partial charge on any atom is 0.0575 e. The van der Waals surface area contributed by atoms with E-state index in [9.17, 15) is 0 Å². The molecule has 0 spiro atoms. The highest BCUT2D eigenvalue weighted by atomic mass is 31.1. The van der Waals surface area contributed by atoms with E-state index in [1.165, 1.54) is 21.5 Å². The van der Waals surface area contributed by atoms with Crippen molar-refractivity contribution in [3.05, 3.63) is 120 Å². The largest absolute Gasteiger partial charge is 0.289 e. The van der Waals surface area contributed by atoms with Gasteiger partial charge in [0.2, 0.25) is 0 Å². The molecule has 0 N–H and O–H groups in total. The van der Waals surface area contributed by atoms with E-state index in [0.29, 0.717) is 5.92 Å². The zero-order valence-electron chi connectivity index (χ0n) is 16.9. The molecule has 4 rings (SSSR count). The molecular weight excluding hydrogens is 369 g/mol. The predicted octanol–water partition coefficient (Wildman–Crippen LogP) is 6.01. The van der Waals surface area contributed by atoms with Crippen molar-refractivity contribution < 1.29 is 0 Å². The Morgan fingerprint density at radius 3 is 2.14 bits per heavy atom. The van der Waals surface area contributed by atoms with E-state index >= 15 is 0 Å². The van der Waals surface area contributed by atoms with Gasteiger partial charge in [-0.3, -0.25) is 4.99 Å². The molecule has 0 heterocycles. The fraction of sp³-hybridized carbons (Fsp3) is 0.148. The summed E-state index contributed by atoms with van der Waals surface area (Å²) in [5.74, 6) is 0.322. The minimum atomic E-state index is -0.569. The van der Waals surface area contributed by atoms with Gasteiger partial charge in [0.1, 0.15) is 0 Å². The second kappa shape index (κ2) is 9.16. The first kappa shape index (κ1) is 19.6. The molecule has 2 heteroatoms. The zero-order valence-corrected chi connectivity index (χ0v) is 17.8. The molecule has 3 aromatic carbocycles. The molecule has 0 bridgehead atoms. The van der Waals surface area contributed by atoms with Crippen molar-refractivity contribution in [1.29, 1.82) is 0 Å². The van der Waals surface area contributed by atoms with Gasteiger partial charge in [0, 0.05) is 12.1 Å². The summed E-state index contributed by atoms with van der Waals surface area (Å²) < 4.78 is 0. The van der Waals surface area contributed by atoms with Crippen LogP contribution >= 0.6 is 7.92 Å². The van der Waals surface area contributed by atoms with Crippen LogP contribution in [-0.2, 0) is 0 Å². The molecule has 0 radical (unpaired) electrons. The lowest BCUT2D eigenvalue weighted by Crippen LogP contribution is -2.20. The first-order chi connectivity index (χ1) is 14.2. The van der Waals surface area contributed by atoms with Gasteiger partial charge in [-0.25, -0.2) is 0 Å². The van der Waals surface area contributed by atoms with Crippen LogP contribution in [0.15, 0.2) is 113 Å². The lowest BCUT2D eigenvalue weighted by molar-refractivity contribution is 0.637. The van der Waals surface area contributed by atoms with Gasteiger partial charge in [0.25, 0.3) is 0 Å². The van der Waals surface area contributed by atoms with Crippen molar-refractivity contribution in [3.8, 4) is 0 Å². The van der Waals surface area contributed by atoms with Crippen LogP contribution in [0.2, 0.25) is 0 Å². The molecule has 1 nitrogen and oxygen atoms in total. The number of nitrogens with zero attached hydrogens (tertiary/aromatic N) is 1. The Kier molecular flexibility index (Phi) is 6.17. The molecule has 0 saturated carbocycles. The number of aliphatic imine (C=N–C) groups is 1. The number of hydrogen-bond acceptors (Lipinski definition) is 1. The molecule has 29 heavy (non-hydrogen) atoms. The second-order valence-corrected chi connectivity index (χ2v) is 9.66. The molecule has 0 aromatic heterocycles. The van der Waals surface area contributed by atoms with Crippen LogP contribution in [0.25, 0.3) is 0 Å². The van der Waals surface area contributed by atoms with Gasteiger partial charge >= 0.3 is 0 Å². The SMILES string of the molecule is Cc1cccc(C=N[C@H](C)C2C=CC=C2P(c2ccccc2)c2ccccc2)c1. The Morgan fingerprint density at radius 2 is 1.52 bits per heavy atom. The Balaban J connectivity index is 1.63. The lowest BCUT2D eigenvalue weighted by Gasteiger charge is -2.27. The van der Waals surface area contributed by atoms with E-state index in [1.54, 1.807) is 0 Å². The Bertz CT molecular complexity index is 995. The van der Waals surface area contributed by atoms with Gasteiger partial charge in [-0.2, -0.15) is 0 Å². The van der Waals surface area contributed by atoms with Crippen molar-refractivity contribution >= 4 is 24.7 Å². The fourth-order valence-electron chi connectivity index (χ4n) is 3.76. The highest BCUT2D eigenvalue weighted by Crippen LogP contribution is 2.50. The molecule has 144 valence electrons. The topological polar surface area (TPSA) is 12.4 Å². The molecule has 2 atom stereocenters. The van der Waals surface area contributed by atoms with Crippen LogP contribution < -0.4 is 10.6 Å². The second-order valence-electron chi connectivity index (χ2n) is 7.44. The third kappa shape index (κ3) is 4.63. The molecule has 0 saturated heterocycles. The van der Waals surface area contributed by atoms with Gasteiger partial charge < -0.3 is 0 Å². The van der Waals surface area contributed by atoms with Crippen LogP contribution in [0.4, 0.5) is 0 Å². The summed E-state index contributed by atoms with van der Waals surface area (Å²) in [7, 11) is -0.569. The number of allylic oxidation sites excluding steroid dienone is 2. The molecule has 1 unspecified atom stereocenters. The number of hydrogen-bond donors (Lipinski definition) is 0. The predicted molar refractivity (Wildman–Crippen MR) is 128 cm³/mol. The first-order valence-corrected chi connectivity index (χ1v) is 11.4. The molecule has 0 fully saturated rings.